The number of nitrogens with zero attached hydrogens (tertiary/aromatic N) is 1. The molecule has 0 unspecified atom stereocenters. The van der Waals surface area contributed by atoms with E-state index >= 15 is 0 Å². The molecule has 26 heavy (non-hydrogen) atoms. The van der Waals surface area contributed by atoms with E-state index in [2.05, 4.69) is 19.8 Å². The predicted octanol–water partition coefficient (Wildman–Crippen LogP) is 3.17. The van der Waals surface area contributed by atoms with Crippen molar-refractivity contribution in [1.82, 2.24) is 5.32 Å². The van der Waals surface area contributed by atoms with Crippen molar-refractivity contribution in [1.29, 1.82) is 0 Å². The Labute approximate surface area is 143 Å². The summed E-state index contributed by atoms with van der Waals surface area (Å²) >= 11 is 0. The van der Waals surface area contributed by atoms with E-state index in [1.165, 1.54) is 7.05 Å². The molecule has 0 saturated heterocycles. The quantitative estimate of drug-likeness (QED) is 0.421. The van der Waals surface area contributed by atoms with Crippen LogP contribution in [-0.4, -0.2) is 31.8 Å². The Morgan fingerprint density at radius 2 is 1.46 bits per heavy atom. The number of rotatable bonds is 3. The number of aliphatic imine (C=N–C) groups is 1. The number of nitrogens with one attached hydrogen (secondary N) is 2. The second kappa shape index (κ2) is 7.58. The van der Waals surface area contributed by atoms with Crippen LogP contribution in [0.2, 0.25) is 0 Å². The molecule has 0 bridgehead atoms. The second-order valence-corrected chi connectivity index (χ2v) is 4.78. The predicted molar refractivity (Wildman–Crippen MR) is 79.0 cm³/mol. The van der Waals surface area contributed by atoms with E-state index in [9.17, 15) is 31.1 Å². The number of amides is 2. The van der Waals surface area contributed by atoms with E-state index in [4.69, 9.17) is 5.73 Å². The van der Waals surface area contributed by atoms with Gasteiger partial charge in [0.1, 0.15) is 11.5 Å². The largest absolute Gasteiger partial charge is 0.573 e. The zero-order valence-electron chi connectivity index (χ0n) is 13.6. The SMILES string of the molecule is CN=C(N)NC(=O)Nc1c(C)c(OC(F)(F)F)cc(OC(F)(F)F)c1C. The van der Waals surface area contributed by atoms with Crippen LogP contribution < -0.4 is 25.8 Å². The van der Waals surface area contributed by atoms with Gasteiger partial charge < -0.3 is 20.5 Å². The lowest BCUT2D eigenvalue weighted by Gasteiger charge is -2.20. The molecule has 146 valence electrons. The zero-order chi connectivity index (χ0) is 20.3. The van der Waals surface area contributed by atoms with Gasteiger partial charge in [-0.05, 0) is 13.8 Å². The number of anilines is 1. The number of carbonyl (C=O) groups excluding carboxylic acids is 1. The van der Waals surface area contributed by atoms with Crippen molar-refractivity contribution >= 4 is 17.7 Å². The number of hydrogen-bond donors (Lipinski definition) is 3. The number of alkyl halides is 6. The first kappa shape index (κ1) is 21.2. The van der Waals surface area contributed by atoms with Crippen LogP contribution in [0.3, 0.4) is 0 Å². The summed E-state index contributed by atoms with van der Waals surface area (Å²) in [5.41, 5.74) is 4.32. The molecule has 0 saturated carbocycles. The highest BCUT2D eigenvalue weighted by molar-refractivity contribution is 6.02. The first-order valence-electron chi connectivity index (χ1n) is 6.69. The number of ether oxygens (including phenoxy) is 2. The fourth-order valence-electron chi connectivity index (χ4n) is 1.83. The van der Waals surface area contributed by atoms with Crippen LogP contribution in [-0.2, 0) is 0 Å². The van der Waals surface area contributed by atoms with Crippen molar-refractivity contribution in [2.45, 2.75) is 26.6 Å². The van der Waals surface area contributed by atoms with Gasteiger partial charge >= 0.3 is 18.8 Å². The van der Waals surface area contributed by atoms with E-state index in [1.807, 2.05) is 5.32 Å². The van der Waals surface area contributed by atoms with E-state index in [1.54, 1.807) is 0 Å². The Balaban J connectivity index is 3.38. The molecule has 1 aromatic carbocycles. The van der Waals surface area contributed by atoms with Crippen LogP contribution in [0.1, 0.15) is 11.1 Å². The van der Waals surface area contributed by atoms with Crippen LogP contribution in [0.4, 0.5) is 36.8 Å². The number of guanidine groups is 1. The monoisotopic (exact) mass is 388 g/mol. The Kier molecular flexibility index (Phi) is 6.17. The topological polar surface area (TPSA) is 98.0 Å². The molecule has 4 N–H and O–H groups in total. The van der Waals surface area contributed by atoms with Crippen LogP contribution >= 0.6 is 0 Å². The zero-order valence-corrected chi connectivity index (χ0v) is 13.6. The molecule has 0 radical (unpaired) electrons. The van der Waals surface area contributed by atoms with Crippen molar-refractivity contribution in [3.8, 4) is 11.5 Å². The van der Waals surface area contributed by atoms with Crippen molar-refractivity contribution in [3.05, 3.63) is 17.2 Å². The van der Waals surface area contributed by atoms with Crippen molar-refractivity contribution in [2.75, 3.05) is 12.4 Å². The first-order valence-corrected chi connectivity index (χ1v) is 6.69. The Hall–Kier alpha value is -2.86. The van der Waals surface area contributed by atoms with Crippen LogP contribution in [0, 0.1) is 13.8 Å². The van der Waals surface area contributed by atoms with Gasteiger partial charge in [-0.3, -0.25) is 10.3 Å². The van der Waals surface area contributed by atoms with Crippen LogP contribution in [0.25, 0.3) is 0 Å². The molecule has 0 spiro atoms. The van der Waals surface area contributed by atoms with Gasteiger partial charge in [-0.15, -0.1) is 26.3 Å². The fraction of sp³-hybridized carbons (Fsp3) is 0.385. The molecular weight excluding hydrogens is 374 g/mol. The number of carbonyl (C=O) groups is 1. The third-order valence-electron chi connectivity index (χ3n) is 2.92. The van der Waals surface area contributed by atoms with Gasteiger partial charge in [-0.1, -0.05) is 0 Å². The third-order valence-corrected chi connectivity index (χ3v) is 2.92. The summed E-state index contributed by atoms with van der Waals surface area (Å²) in [5, 5.41) is 4.11. The number of nitrogens with two attached hydrogens (primary N) is 1. The standard InChI is InChI=1S/C13H14F6N4O3/c1-5-7(25-12(14,15)16)4-8(26-13(17,18)19)6(2)9(5)22-11(24)23-10(20)21-3/h4H,1-3H3,(H4,20,21,22,23,24). The number of halogens is 6. The molecule has 1 rings (SSSR count). The molecular formula is C13H14F6N4O3. The van der Waals surface area contributed by atoms with Gasteiger partial charge in [0, 0.05) is 24.2 Å². The van der Waals surface area contributed by atoms with Crippen molar-refractivity contribution < 1.29 is 40.6 Å². The number of hydrogen-bond acceptors (Lipinski definition) is 4. The fourth-order valence-corrected chi connectivity index (χ4v) is 1.83. The van der Waals surface area contributed by atoms with Gasteiger partial charge in [-0.25, -0.2) is 4.79 Å². The average Bonchev–Trinajstić information content (AvgIpc) is 2.45. The van der Waals surface area contributed by atoms with Gasteiger partial charge in [0.15, 0.2) is 5.96 Å². The molecule has 0 aliphatic rings. The summed E-state index contributed by atoms with van der Waals surface area (Å²) in [6, 6.07) is -0.613. The van der Waals surface area contributed by atoms with Gasteiger partial charge in [0.25, 0.3) is 0 Å². The smallest absolute Gasteiger partial charge is 0.405 e. The lowest BCUT2D eigenvalue weighted by Crippen LogP contribution is -2.39. The molecule has 0 aliphatic carbocycles. The molecule has 13 heteroatoms. The van der Waals surface area contributed by atoms with Gasteiger partial charge in [0.2, 0.25) is 0 Å². The van der Waals surface area contributed by atoms with E-state index in [0.29, 0.717) is 6.07 Å². The highest BCUT2D eigenvalue weighted by Crippen LogP contribution is 2.40. The summed E-state index contributed by atoms with van der Waals surface area (Å²) < 4.78 is 82.3. The molecule has 0 heterocycles. The van der Waals surface area contributed by atoms with E-state index in [0.717, 1.165) is 13.8 Å². The summed E-state index contributed by atoms with van der Waals surface area (Å²) in [4.78, 5) is 15.2. The summed E-state index contributed by atoms with van der Waals surface area (Å²) in [6.07, 6.45) is -10.3. The highest BCUT2D eigenvalue weighted by atomic mass is 19.4. The number of urea groups is 1. The highest BCUT2D eigenvalue weighted by Gasteiger charge is 2.36. The maximum Gasteiger partial charge on any atom is 0.573 e. The molecule has 0 aromatic heterocycles. The minimum Gasteiger partial charge on any atom is -0.405 e. The van der Waals surface area contributed by atoms with Crippen LogP contribution in [0.15, 0.2) is 11.1 Å². The maximum absolute atomic E-state index is 12.5. The van der Waals surface area contributed by atoms with Crippen LogP contribution in [0.5, 0.6) is 11.5 Å². The van der Waals surface area contributed by atoms with Gasteiger partial charge in [-0.2, -0.15) is 0 Å². The molecule has 7 nitrogen and oxygen atoms in total. The second-order valence-electron chi connectivity index (χ2n) is 4.78. The normalized spacial score (nSPS) is 12.6. The molecule has 0 fully saturated rings. The lowest BCUT2D eigenvalue weighted by atomic mass is 10.1. The van der Waals surface area contributed by atoms with Crippen molar-refractivity contribution in [2.24, 2.45) is 10.7 Å². The Morgan fingerprint density at radius 3 is 1.81 bits per heavy atom. The molecule has 1 aromatic rings. The van der Waals surface area contributed by atoms with E-state index in [-0.39, 0.29) is 22.8 Å². The summed E-state index contributed by atoms with van der Waals surface area (Å²) in [7, 11) is 1.25. The third kappa shape index (κ3) is 6.22. The lowest BCUT2D eigenvalue weighted by molar-refractivity contribution is -0.276. The minimum absolute atomic E-state index is 0.281. The van der Waals surface area contributed by atoms with Crippen molar-refractivity contribution in [3.63, 3.8) is 0 Å². The molecule has 0 atom stereocenters. The first-order chi connectivity index (χ1) is 11.7. The Morgan fingerprint density at radius 1 is 1.04 bits per heavy atom. The maximum atomic E-state index is 12.5. The molecule has 0 aliphatic heterocycles. The van der Waals surface area contributed by atoms with Gasteiger partial charge in [0.05, 0.1) is 5.69 Å². The minimum atomic E-state index is -5.17. The number of benzene rings is 1. The average molecular weight is 388 g/mol. The molecule has 2 amide bonds. The Bertz CT molecular complexity index is 675. The summed E-state index contributed by atoms with van der Waals surface area (Å²) in [6.45, 7) is 2.22. The van der Waals surface area contributed by atoms with E-state index < -0.39 is 30.3 Å². The summed E-state index contributed by atoms with van der Waals surface area (Å²) in [5.74, 6) is -2.28.